The lowest BCUT2D eigenvalue weighted by Gasteiger charge is -2.17. The number of nitrogens with two attached hydrogens (primary N) is 1. The average Bonchev–Trinajstić information content (AvgIpc) is 3.21. The fraction of sp³-hybridized carbons (Fsp3) is 0.545. The number of hydrogen-bond donors (Lipinski definition) is 3. The molecule has 1 saturated heterocycles. The molecule has 7 heteroatoms. The average molecular weight is 442 g/mol. The molecule has 4 rings (SSSR count). The molecule has 2 heterocycles. The highest BCUT2D eigenvalue weighted by atomic mass is 32.2. The lowest BCUT2D eigenvalue weighted by molar-refractivity contribution is 0.357. The molecule has 1 aliphatic carbocycles. The number of benzene rings is 1. The van der Waals surface area contributed by atoms with Crippen molar-refractivity contribution in [2.45, 2.75) is 38.1 Å². The minimum absolute atomic E-state index is 0.112. The van der Waals surface area contributed by atoms with Crippen LogP contribution in [-0.2, 0) is 0 Å². The Morgan fingerprint density at radius 2 is 1.97 bits per heavy atom. The molecule has 1 saturated carbocycles. The number of nitrogens with one attached hydrogen (secondary N) is 1. The van der Waals surface area contributed by atoms with E-state index in [2.05, 4.69) is 29.4 Å². The molecule has 29 heavy (non-hydrogen) atoms. The van der Waals surface area contributed by atoms with E-state index in [1.807, 2.05) is 20.0 Å². The normalized spacial score (nSPS) is 27.8. The smallest absolute Gasteiger partial charge is 0.132 e. The summed E-state index contributed by atoms with van der Waals surface area (Å²) >= 11 is 5.05. The monoisotopic (exact) mass is 441 g/mol. The molecule has 3 nitrogen and oxygen atoms in total. The Morgan fingerprint density at radius 3 is 2.55 bits per heavy atom. The summed E-state index contributed by atoms with van der Waals surface area (Å²) in [5.74, 6) is -0.0914. The summed E-state index contributed by atoms with van der Waals surface area (Å²) in [7, 11) is 0. The molecular weight excluding hydrogens is 408 g/mol. The van der Waals surface area contributed by atoms with Crippen LogP contribution in [0.25, 0.3) is 0 Å². The Labute approximate surface area is 183 Å². The molecule has 4 unspecified atom stereocenters. The van der Waals surface area contributed by atoms with Crippen molar-refractivity contribution in [1.29, 1.82) is 0 Å². The molecule has 0 aromatic heterocycles. The second-order valence-electron chi connectivity index (χ2n) is 7.24. The van der Waals surface area contributed by atoms with Gasteiger partial charge in [-0.05, 0) is 43.1 Å². The van der Waals surface area contributed by atoms with Crippen LogP contribution in [0.1, 0.15) is 37.6 Å². The molecule has 3 aliphatic rings. The Bertz CT molecular complexity index is 706. The maximum absolute atomic E-state index is 14.0. The number of likely N-dealkylation sites (tertiary alicyclic amines) is 1. The van der Waals surface area contributed by atoms with Gasteiger partial charge >= 0.3 is 0 Å². The summed E-state index contributed by atoms with van der Waals surface area (Å²) in [5.41, 5.74) is 7.32. The van der Waals surface area contributed by atoms with E-state index >= 15 is 0 Å². The summed E-state index contributed by atoms with van der Waals surface area (Å²) in [6, 6.07) is 4.30. The largest absolute Gasteiger partial charge is 0.374 e. The van der Waals surface area contributed by atoms with Crippen LogP contribution in [0.2, 0.25) is 0 Å². The molecule has 162 valence electrons. The molecule has 4 atom stereocenters. The van der Waals surface area contributed by atoms with Crippen LogP contribution in [0, 0.1) is 23.5 Å². The van der Waals surface area contributed by atoms with E-state index in [1.54, 1.807) is 6.26 Å². The second-order valence-corrected chi connectivity index (χ2v) is 8.42. The zero-order chi connectivity index (χ0) is 21.6. The minimum atomic E-state index is -0.498. The number of nitrogens with zero attached hydrogens (tertiary/aromatic N) is 1. The van der Waals surface area contributed by atoms with Gasteiger partial charge in [0, 0.05) is 36.8 Å². The van der Waals surface area contributed by atoms with Crippen molar-refractivity contribution in [2.75, 3.05) is 25.9 Å². The van der Waals surface area contributed by atoms with Gasteiger partial charge in [-0.1, -0.05) is 43.8 Å². The van der Waals surface area contributed by atoms with Gasteiger partial charge in [0.25, 0.3) is 0 Å². The third kappa shape index (κ3) is 6.00. The van der Waals surface area contributed by atoms with Gasteiger partial charge in [-0.15, -0.1) is 0 Å². The highest BCUT2D eigenvalue weighted by Gasteiger charge is 2.44. The Hall–Kier alpha value is -1.02. The predicted octanol–water partition coefficient (Wildman–Crippen LogP) is 4.94. The topological polar surface area (TPSA) is 41.3 Å². The van der Waals surface area contributed by atoms with Crippen molar-refractivity contribution >= 4 is 24.4 Å². The van der Waals surface area contributed by atoms with Gasteiger partial charge < -0.3 is 11.1 Å². The first kappa shape index (κ1) is 24.3. The Kier molecular flexibility index (Phi) is 9.53. The SMILES string of the molecule is C=C(CN1CCC(N)C1)C1CC1C1=CNC(c2c(F)cccc2F)S1.CC.CS. The molecule has 1 aromatic carbocycles. The molecule has 0 bridgehead atoms. The highest BCUT2D eigenvalue weighted by molar-refractivity contribution is 8.03. The molecule has 2 fully saturated rings. The van der Waals surface area contributed by atoms with Crippen molar-refractivity contribution in [3.05, 3.63) is 58.7 Å². The van der Waals surface area contributed by atoms with Crippen LogP contribution in [0.5, 0.6) is 0 Å². The lowest BCUT2D eigenvalue weighted by Crippen LogP contribution is -2.28. The Balaban J connectivity index is 0.000000707. The minimum Gasteiger partial charge on any atom is -0.374 e. The number of allylic oxidation sites excluding steroid dienone is 1. The van der Waals surface area contributed by atoms with E-state index in [1.165, 1.54) is 40.4 Å². The maximum Gasteiger partial charge on any atom is 0.132 e. The molecule has 0 spiro atoms. The first-order valence-corrected chi connectivity index (χ1v) is 12.0. The van der Waals surface area contributed by atoms with Crippen LogP contribution in [0.4, 0.5) is 8.78 Å². The number of halogens is 2. The molecule has 2 aliphatic heterocycles. The third-order valence-corrected chi connectivity index (χ3v) is 6.61. The fourth-order valence-electron chi connectivity index (χ4n) is 3.83. The molecular formula is C22H33F2N3S2. The number of thiol groups is 1. The second kappa shape index (κ2) is 11.4. The van der Waals surface area contributed by atoms with Crippen molar-refractivity contribution in [1.82, 2.24) is 10.2 Å². The standard InChI is InChI=1S/C19H23F2N3S.C2H6.CH4S/c1-11(9-24-6-5-12(22)10-24)13-7-14(13)17-8-23-19(25-17)18-15(20)3-2-4-16(18)21;2*1-2/h2-4,8,12-14,19,23H,1,5-7,9-10,22H2;1-2H3;2H,1H3. The van der Waals surface area contributed by atoms with Gasteiger partial charge in [-0.2, -0.15) is 12.6 Å². The summed E-state index contributed by atoms with van der Waals surface area (Å²) < 4.78 is 27.9. The molecule has 3 N–H and O–H groups in total. The molecule has 0 radical (unpaired) electrons. The van der Waals surface area contributed by atoms with Crippen molar-refractivity contribution in [2.24, 2.45) is 17.6 Å². The van der Waals surface area contributed by atoms with Gasteiger partial charge in [0.15, 0.2) is 0 Å². The quantitative estimate of drug-likeness (QED) is 0.447. The van der Waals surface area contributed by atoms with E-state index < -0.39 is 11.6 Å². The summed E-state index contributed by atoms with van der Waals surface area (Å²) in [4.78, 5) is 3.55. The van der Waals surface area contributed by atoms with Crippen molar-refractivity contribution in [3.63, 3.8) is 0 Å². The summed E-state index contributed by atoms with van der Waals surface area (Å²) in [5, 5.41) is 2.74. The highest BCUT2D eigenvalue weighted by Crippen LogP contribution is 2.55. The lowest BCUT2D eigenvalue weighted by atomic mass is 10.1. The van der Waals surface area contributed by atoms with Gasteiger partial charge in [0.05, 0.1) is 5.56 Å². The maximum atomic E-state index is 14.0. The van der Waals surface area contributed by atoms with E-state index in [9.17, 15) is 8.78 Å². The van der Waals surface area contributed by atoms with Gasteiger partial charge in [0.2, 0.25) is 0 Å². The van der Waals surface area contributed by atoms with E-state index in [0.717, 1.165) is 32.5 Å². The van der Waals surface area contributed by atoms with E-state index in [-0.39, 0.29) is 17.0 Å². The van der Waals surface area contributed by atoms with Crippen LogP contribution in [0.3, 0.4) is 0 Å². The van der Waals surface area contributed by atoms with E-state index in [0.29, 0.717) is 11.8 Å². The van der Waals surface area contributed by atoms with Gasteiger partial charge in [-0.3, -0.25) is 4.90 Å². The van der Waals surface area contributed by atoms with E-state index in [4.69, 9.17) is 5.73 Å². The number of thioether (sulfide) groups is 1. The van der Waals surface area contributed by atoms with Crippen molar-refractivity contribution in [3.8, 4) is 0 Å². The third-order valence-electron chi connectivity index (χ3n) is 5.31. The molecule has 0 amide bonds. The predicted molar refractivity (Wildman–Crippen MR) is 124 cm³/mol. The first-order chi connectivity index (χ1) is 14.0. The van der Waals surface area contributed by atoms with Crippen LogP contribution >= 0.6 is 24.4 Å². The van der Waals surface area contributed by atoms with Crippen LogP contribution in [0.15, 0.2) is 41.5 Å². The number of hydrogen-bond acceptors (Lipinski definition) is 5. The van der Waals surface area contributed by atoms with Gasteiger partial charge in [0.1, 0.15) is 17.0 Å². The zero-order valence-electron chi connectivity index (χ0n) is 17.5. The van der Waals surface area contributed by atoms with Gasteiger partial charge in [-0.25, -0.2) is 8.78 Å². The summed E-state index contributed by atoms with van der Waals surface area (Å²) in [6.07, 6.45) is 5.75. The summed E-state index contributed by atoms with van der Waals surface area (Å²) in [6.45, 7) is 11.2. The fourth-order valence-corrected chi connectivity index (χ4v) is 5.15. The van der Waals surface area contributed by atoms with Crippen LogP contribution < -0.4 is 11.1 Å². The van der Waals surface area contributed by atoms with Crippen LogP contribution in [-0.4, -0.2) is 36.8 Å². The molecule has 1 aromatic rings. The van der Waals surface area contributed by atoms with Crippen molar-refractivity contribution < 1.29 is 8.78 Å². The zero-order valence-corrected chi connectivity index (χ0v) is 19.2. The first-order valence-electron chi connectivity index (χ1n) is 10.2. The number of rotatable bonds is 5. The Morgan fingerprint density at radius 1 is 1.31 bits per heavy atom.